The van der Waals surface area contributed by atoms with Gasteiger partial charge in [0.2, 0.25) is 5.95 Å². The molecule has 0 spiro atoms. The average Bonchev–Trinajstić information content (AvgIpc) is 3.40. The van der Waals surface area contributed by atoms with Crippen molar-refractivity contribution in [1.82, 2.24) is 19.9 Å². The summed E-state index contributed by atoms with van der Waals surface area (Å²) in [6.45, 7) is 3.70. The quantitative estimate of drug-likeness (QED) is 0.210. The van der Waals surface area contributed by atoms with Gasteiger partial charge < -0.3 is 26.0 Å². The van der Waals surface area contributed by atoms with E-state index in [0.29, 0.717) is 39.5 Å². The van der Waals surface area contributed by atoms with Crippen LogP contribution in [0.4, 0.5) is 11.8 Å². The number of aromatic nitrogens is 4. The van der Waals surface area contributed by atoms with Gasteiger partial charge in [0.25, 0.3) is 0 Å². The van der Waals surface area contributed by atoms with Crippen LogP contribution in [0.2, 0.25) is 5.02 Å². The normalized spacial score (nSPS) is 22.3. The number of aryl methyl sites for hydroxylation is 1. The molecular weight excluding hydrogens is 512 g/mol. The molecule has 3 aromatic heterocycles. The number of hydrogen-bond donors (Lipinski definition) is 5. The number of aliphatic hydroxyl groups excluding tert-OH is 2. The Morgan fingerprint density at radius 2 is 1.97 bits per heavy atom. The zero-order valence-corrected chi connectivity index (χ0v) is 22.1. The largest absolute Gasteiger partial charge is 0.396 e. The van der Waals surface area contributed by atoms with E-state index in [0.717, 1.165) is 22.2 Å². The second-order valence-electron chi connectivity index (χ2n) is 9.57. The SMILES string of the molecule is Cc1nc(NC(C)Cc2ccc(Cl)cc2)nc(NC2(O)CCC(CO)C2O)c1-c1nc2cnccc2s1. The monoisotopic (exact) mass is 540 g/mol. The minimum absolute atomic E-state index is 0.00623. The summed E-state index contributed by atoms with van der Waals surface area (Å²) < 4.78 is 0.967. The summed E-state index contributed by atoms with van der Waals surface area (Å²) in [4.78, 5) is 18.3. The van der Waals surface area contributed by atoms with Crippen LogP contribution in [0.1, 0.15) is 31.0 Å². The van der Waals surface area contributed by atoms with E-state index in [9.17, 15) is 15.3 Å². The van der Waals surface area contributed by atoms with Crippen molar-refractivity contribution in [2.24, 2.45) is 5.92 Å². The first-order valence-electron chi connectivity index (χ1n) is 12.2. The van der Waals surface area contributed by atoms with Gasteiger partial charge in [-0.25, -0.2) is 9.97 Å². The van der Waals surface area contributed by atoms with Crippen molar-refractivity contribution in [3.63, 3.8) is 0 Å². The Balaban J connectivity index is 1.50. The van der Waals surface area contributed by atoms with Crippen LogP contribution in [0.5, 0.6) is 0 Å². The number of thiazole rings is 1. The maximum Gasteiger partial charge on any atom is 0.225 e. The molecule has 1 aliphatic carbocycles. The number of pyridine rings is 1. The van der Waals surface area contributed by atoms with Gasteiger partial charge in [-0.05, 0) is 56.9 Å². The van der Waals surface area contributed by atoms with Crippen molar-refractivity contribution in [2.75, 3.05) is 17.2 Å². The minimum atomic E-state index is -1.65. The summed E-state index contributed by atoms with van der Waals surface area (Å²) in [5.41, 5.74) is 1.54. The lowest BCUT2D eigenvalue weighted by Gasteiger charge is -2.31. The summed E-state index contributed by atoms with van der Waals surface area (Å²) in [6.07, 6.45) is 3.75. The van der Waals surface area contributed by atoms with Crippen molar-refractivity contribution in [2.45, 2.75) is 51.0 Å². The van der Waals surface area contributed by atoms with Crippen molar-refractivity contribution >= 4 is 44.9 Å². The number of aliphatic hydroxyl groups is 3. The summed E-state index contributed by atoms with van der Waals surface area (Å²) in [5.74, 6) is 0.332. The Kier molecular flexibility index (Phi) is 7.28. The first kappa shape index (κ1) is 25.7. The van der Waals surface area contributed by atoms with Crippen LogP contribution in [-0.2, 0) is 6.42 Å². The smallest absolute Gasteiger partial charge is 0.225 e. The molecule has 1 saturated carbocycles. The predicted octanol–water partition coefficient (Wildman–Crippen LogP) is 4.02. The van der Waals surface area contributed by atoms with Crippen molar-refractivity contribution < 1.29 is 15.3 Å². The van der Waals surface area contributed by atoms with Gasteiger partial charge in [0.1, 0.15) is 22.4 Å². The molecule has 1 fully saturated rings. The van der Waals surface area contributed by atoms with E-state index in [-0.39, 0.29) is 19.1 Å². The highest BCUT2D eigenvalue weighted by Gasteiger charge is 2.47. The summed E-state index contributed by atoms with van der Waals surface area (Å²) in [6, 6.07) is 9.60. The third kappa shape index (κ3) is 5.39. The minimum Gasteiger partial charge on any atom is -0.396 e. The topological polar surface area (TPSA) is 136 Å². The fraction of sp³-hybridized carbons (Fsp3) is 0.385. The number of nitrogens with one attached hydrogen (secondary N) is 2. The summed E-state index contributed by atoms with van der Waals surface area (Å²) >= 11 is 7.49. The predicted molar refractivity (Wildman–Crippen MR) is 146 cm³/mol. The second kappa shape index (κ2) is 10.5. The van der Waals surface area contributed by atoms with Gasteiger partial charge in [0.05, 0.1) is 22.2 Å². The van der Waals surface area contributed by atoms with Crippen LogP contribution in [0.3, 0.4) is 0 Å². The molecule has 4 aromatic rings. The highest BCUT2D eigenvalue weighted by atomic mass is 35.5. The fourth-order valence-electron chi connectivity index (χ4n) is 4.75. The van der Waals surface area contributed by atoms with Gasteiger partial charge in [0.15, 0.2) is 5.72 Å². The van der Waals surface area contributed by atoms with Crippen LogP contribution in [0, 0.1) is 12.8 Å². The Hall–Kier alpha value is -2.89. The average molecular weight is 541 g/mol. The highest BCUT2D eigenvalue weighted by Crippen LogP contribution is 2.40. The van der Waals surface area contributed by atoms with E-state index >= 15 is 0 Å². The van der Waals surface area contributed by atoms with Crippen LogP contribution in [0.25, 0.3) is 20.8 Å². The van der Waals surface area contributed by atoms with Gasteiger partial charge in [0, 0.05) is 29.8 Å². The third-order valence-electron chi connectivity index (χ3n) is 6.73. The zero-order chi connectivity index (χ0) is 26.2. The Morgan fingerprint density at radius 3 is 2.68 bits per heavy atom. The Morgan fingerprint density at radius 1 is 1.19 bits per heavy atom. The van der Waals surface area contributed by atoms with Crippen molar-refractivity contribution in [3.05, 3.63) is 59.0 Å². The number of fused-ring (bicyclic) bond motifs is 1. The molecular formula is C26H29ClN6O3S. The lowest BCUT2D eigenvalue weighted by Crippen LogP contribution is -2.48. The summed E-state index contributed by atoms with van der Waals surface area (Å²) in [5, 5.41) is 39.5. The van der Waals surface area contributed by atoms with Gasteiger partial charge in [-0.2, -0.15) is 4.98 Å². The molecule has 0 amide bonds. The van der Waals surface area contributed by atoms with Crippen molar-refractivity contribution in [3.8, 4) is 10.6 Å². The van der Waals surface area contributed by atoms with Gasteiger partial charge in [-0.1, -0.05) is 23.7 Å². The van der Waals surface area contributed by atoms with E-state index < -0.39 is 17.7 Å². The number of hydrogen-bond acceptors (Lipinski definition) is 10. The Labute approximate surface area is 223 Å². The standard InChI is InChI=1S/C26H29ClN6O3S/c1-14(11-16-3-5-18(27)6-4-16)29-25-30-15(2)21(24-31-19-12-28-10-8-20(19)37-24)23(32-25)33-26(36)9-7-17(13-34)22(26)35/h3-6,8,10,12,14,17,22,34-36H,7,9,11,13H2,1-2H3,(H2,29,30,32,33). The fourth-order valence-corrected chi connectivity index (χ4v) is 5.91. The number of nitrogens with zero attached hydrogens (tertiary/aromatic N) is 4. The van der Waals surface area contributed by atoms with Gasteiger partial charge in [-0.15, -0.1) is 11.3 Å². The second-order valence-corrected chi connectivity index (χ2v) is 11.0. The number of halogens is 1. The molecule has 194 valence electrons. The molecule has 5 N–H and O–H groups in total. The number of benzene rings is 1. The first-order valence-corrected chi connectivity index (χ1v) is 13.3. The van der Waals surface area contributed by atoms with Crippen molar-refractivity contribution in [1.29, 1.82) is 0 Å². The number of rotatable bonds is 8. The third-order valence-corrected chi connectivity index (χ3v) is 8.03. The molecule has 4 unspecified atom stereocenters. The van der Waals surface area contributed by atoms with Gasteiger partial charge >= 0.3 is 0 Å². The lowest BCUT2D eigenvalue weighted by molar-refractivity contribution is -0.0545. The molecule has 9 nitrogen and oxygen atoms in total. The first-order chi connectivity index (χ1) is 17.8. The highest BCUT2D eigenvalue weighted by molar-refractivity contribution is 7.21. The molecule has 0 saturated heterocycles. The van der Waals surface area contributed by atoms with E-state index in [1.54, 1.807) is 12.4 Å². The van der Waals surface area contributed by atoms with Crippen LogP contribution in [0.15, 0.2) is 42.7 Å². The zero-order valence-electron chi connectivity index (χ0n) is 20.5. The maximum atomic E-state index is 11.3. The Bertz CT molecular complexity index is 1370. The molecule has 0 radical (unpaired) electrons. The molecule has 37 heavy (non-hydrogen) atoms. The lowest BCUT2D eigenvalue weighted by atomic mass is 10.0. The van der Waals surface area contributed by atoms with E-state index in [1.807, 2.05) is 44.2 Å². The van der Waals surface area contributed by atoms with Crippen LogP contribution >= 0.6 is 22.9 Å². The van der Waals surface area contributed by atoms with Crippen LogP contribution in [-0.4, -0.2) is 59.7 Å². The van der Waals surface area contributed by atoms with E-state index in [1.165, 1.54) is 11.3 Å². The summed E-state index contributed by atoms with van der Waals surface area (Å²) in [7, 11) is 0. The molecule has 0 bridgehead atoms. The van der Waals surface area contributed by atoms with Gasteiger partial charge in [-0.3, -0.25) is 4.98 Å². The molecule has 4 atom stereocenters. The molecule has 1 aliphatic rings. The molecule has 5 rings (SSSR count). The molecule has 3 heterocycles. The maximum absolute atomic E-state index is 11.3. The number of anilines is 2. The molecule has 11 heteroatoms. The molecule has 1 aromatic carbocycles. The van der Waals surface area contributed by atoms with Crippen LogP contribution < -0.4 is 10.6 Å². The van der Waals surface area contributed by atoms with E-state index in [2.05, 4.69) is 15.6 Å². The van der Waals surface area contributed by atoms with E-state index in [4.69, 9.17) is 26.6 Å². The molecule has 0 aliphatic heterocycles.